The number of hydrogen-bond acceptors (Lipinski definition) is 5. The summed E-state index contributed by atoms with van der Waals surface area (Å²) in [7, 11) is 1.99. The van der Waals surface area contributed by atoms with Crippen molar-refractivity contribution in [3.05, 3.63) is 32.5 Å². The molecule has 0 spiro atoms. The van der Waals surface area contributed by atoms with Crippen molar-refractivity contribution in [3.63, 3.8) is 0 Å². The third-order valence-electron chi connectivity index (χ3n) is 3.10. The molecule has 110 valence electrons. The van der Waals surface area contributed by atoms with Gasteiger partial charge in [-0.05, 0) is 29.0 Å². The lowest BCUT2D eigenvalue weighted by atomic mass is 10.2. The molecule has 0 saturated carbocycles. The number of nitrogens with one attached hydrogen (secondary N) is 1. The quantitative estimate of drug-likeness (QED) is 0.668. The van der Waals surface area contributed by atoms with Crippen LogP contribution in [0.2, 0.25) is 0 Å². The molecule has 1 atom stereocenters. The van der Waals surface area contributed by atoms with Gasteiger partial charge in [-0.15, -0.1) is 0 Å². The van der Waals surface area contributed by atoms with Crippen LogP contribution in [0, 0.1) is 15.9 Å². The van der Waals surface area contributed by atoms with E-state index in [4.69, 9.17) is 4.74 Å². The van der Waals surface area contributed by atoms with Crippen LogP contribution < -0.4 is 5.32 Å². The van der Waals surface area contributed by atoms with Crippen molar-refractivity contribution >= 4 is 27.3 Å². The predicted octanol–water partition coefficient (Wildman–Crippen LogP) is 2.24. The second-order valence-electron chi connectivity index (χ2n) is 4.68. The van der Waals surface area contributed by atoms with Crippen LogP contribution in [0.4, 0.5) is 15.8 Å². The first-order valence-electron chi connectivity index (χ1n) is 6.15. The van der Waals surface area contributed by atoms with E-state index in [1.54, 1.807) is 0 Å². The summed E-state index contributed by atoms with van der Waals surface area (Å²) < 4.78 is 19.1. The smallest absolute Gasteiger partial charge is 0.295 e. The molecule has 20 heavy (non-hydrogen) atoms. The highest BCUT2D eigenvalue weighted by Gasteiger charge is 2.21. The Morgan fingerprint density at radius 3 is 3.05 bits per heavy atom. The topological polar surface area (TPSA) is 67.6 Å². The number of hydrogen-bond donors (Lipinski definition) is 1. The fourth-order valence-corrected chi connectivity index (χ4v) is 2.39. The summed E-state index contributed by atoms with van der Waals surface area (Å²) in [5.41, 5.74) is -0.00466. The first-order chi connectivity index (χ1) is 9.47. The molecule has 1 aromatic rings. The Labute approximate surface area is 124 Å². The number of nitrogens with zero attached hydrogens (tertiary/aromatic N) is 2. The number of ether oxygens (including phenoxy) is 1. The van der Waals surface area contributed by atoms with E-state index in [1.165, 1.54) is 6.07 Å². The molecule has 0 aliphatic carbocycles. The van der Waals surface area contributed by atoms with Crippen LogP contribution in [-0.4, -0.2) is 49.2 Å². The second-order valence-corrected chi connectivity index (χ2v) is 5.53. The molecule has 1 fully saturated rings. The Morgan fingerprint density at radius 2 is 2.40 bits per heavy atom. The Kier molecular flexibility index (Phi) is 4.90. The van der Waals surface area contributed by atoms with Crippen molar-refractivity contribution in [1.29, 1.82) is 0 Å². The second kappa shape index (κ2) is 6.47. The largest absolute Gasteiger partial charge is 0.377 e. The third kappa shape index (κ3) is 3.65. The lowest BCUT2D eigenvalue weighted by molar-refractivity contribution is -0.384. The maximum atomic E-state index is 13.4. The van der Waals surface area contributed by atoms with Crippen LogP contribution in [-0.2, 0) is 4.74 Å². The monoisotopic (exact) mass is 347 g/mol. The summed E-state index contributed by atoms with van der Waals surface area (Å²) >= 11 is 3.03. The molecule has 0 aromatic heterocycles. The Morgan fingerprint density at radius 1 is 1.65 bits per heavy atom. The average Bonchev–Trinajstić information content (AvgIpc) is 2.39. The van der Waals surface area contributed by atoms with Gasteiger partial charge in [-0.1, -0.05) is 0 Å². The lowest BCUT2D eigenvalue weighted by Gasteiger charge is -2.30. The van der Waals surface area contributed by atoms with Crippen molar-refractivity contribution in [3.8, 4) is 0 Å². The lowest BCUT2D eigenvalue weighted by Crippen LogP contribution is -2.43. The highest BCUT2D eigenvalue weighted by Crippen LogP contribution is 2.30. The van der Waals surface area contributed by atoms with Gasteiger partial charge in [-0.2, -0.15) is 0 Å². The molecule has 6 nitrogen and oxygen atoms in total. The molecular formula is C12H15BrFN3O3. The summed E-state index contributed by atoms with van der Waals surface area (Å²) in [5, 5.41) is 13.9. The molecule has 1 aromatic carbocycles. The van der Waals surface area contributed by atoms with Crippen LogP contribution >= 0.6 is 15.9 Å². The number of rotatable bonds is 4. The Hall–Kier alpha value is -1.25. The van der Waals surface area contributed by atoms with Crippen molar-refractivity contribution in [2.24, 2.45) is 0 Å². The van der Waals surface area contributed by atoms with E-state index < -0.39 is 10.7 Å². The minimum absolute atomic E-state index is 0.0443. The fraction of sp³-hybridized carbons (Fsp3) is 0.500. The summed E-state index contributed by atoms with van der Waals surface area (Å²) in [6.45, 7) is 2.70. The molecule has 1 aliphatic heterocycles. The van der Waals surface area contributed by atoms with Crippen LogP contribution in [0.25, 0.3) is 0 Å². The summed E-state index contributed by atoms with van der Waals surface area (Å²) in [4.78, 5) is 12.5. The summed E-state index contributed by atoms with van der Waals surface area (Å²) in [5.74, 6) is -0.657. The zero-order valence-corrected chi connectivity index (χ0v) is 12.5. The zero-order chi connectivity index (χ0) is 14.7. The molecule has 8 heteroatoms. The first-order valence-corrected chi connectivity index (χ1v) is 6.94. The van der Waals surface area contributed by atoms with E-state index in [-0.39, 0.29) is 22.0 Å². The van der Waals surface area contributed by atoms with E-state index >= 15 is 0 Å². The normalized spacial score (nSPS) is 19.9. The highest BCUT2D eigenvalue weighted by molar-refractivity contribution is 9.10. The number of morpholine rings is 1. The number of halogens is 2. The van der Waals surface area contributed by atoms with E-state index in [2.05, 4.69) is 26.1 Å². The van der Waals surface area contributed by atoms with Crippen LogP contribution in [0.3, 0.4) is 0 Å². The van der Waals surface area contributed by atoms with Crippen LogP contribution in [0.1, 0.15) is 0 Å². The van der Waals surface area contributed by atoms with Crippen molar-refractivity contribution < 1.29 is 14.1 Å². The van der Waals surface area contributed by atoms with Gasteiger partial charge in [0.1, 0.15) is 11.5 Å². The number of benzene rings is 1. The van der Waals surface area contributed by atoms with Crippen molar-refractivity contribution in [1.82, 2.24) is 4.90 Å². The molecule has 0 amide bonds. The first kappa shape index (κ1) is 15.1. The number of nitro groups is 1. The van der Waals surface area contributed by atoms with E-state index in [1.807, 2.05) is 7.05 Å². The molecule has 2 rings (SSSR count). The molecule has 1 aliphatic rings. The van der Waals surface area contributed by atoms with Gasteiger partial charge in [-0.25, -0.2) is 4.39 Å². The van der Waals surface area contributed by atoms with Gasteiger partial charge in [0.2, 0.25) is 0 Å². The maximum Gasteiger partial charge on any atom is 0.295 e. The van der Waals surface area contributed by atoms with Crippen molar-refractivity contribution in [2.45, 2.75) is 6.10 Å². The van der Waals surface area contributed by atoms with Gasteiger partial charge in [0.15, 0.2) is 0 Å². The number of likely N-dealkylation sites (N-methyl/N-ethyl adjacent to an activating group) is 1. The molecule has 1 saturated heterocycles. The molecular weight excluding hydrogens is 333 g/mol. The van der Waals surface area contributed by atoms with Gasteiger partial charge < -0.3 is 15.0 Å². The summed E-state index contributed by atoms with van der Waals surface area (Å²) in [6.07, 6.45) is -0.0443. The van der Waals surface area contributed by atoms with E-state index in [0.717, 1.165) is 19.2 Å². The van der Waals surface area contributed by atoms with Gasteiger partial charge in [0.25, 0.3) is 5.69 Å². The van der Waals surface area contributed by atoms with Crippen molar-refractivity contribution in [2.75, 3.05) is 38.6 Å². The molecule has 1 N–H and O–H groups in total. The summed E-state index contributed by atoms with van der Waals surface area (Å²) in [6, 6.07) is 2.28. The fourth-order valence-electron chi connectivity index (χ4n) is 2.04. The number of nitro benzene ring substituents is 1. The van der Waals surface area contributed by atoms with Crippen LogP contribution in [0.15, 0.2) is 16.6 Å². The van der Waals surface area contributed by atoms with Gasteiger partial charge in [-0.3, -0.25) is 10.1 Å². The zero-order valence-electron chi connectivity index (χ0n) is 10.9. The van der Waals surface area contributed by atoms with Crippen LogP contribution in [0.5, 0.6) is 0 Å². The number of anilines is 1. The van der Waals surface area contributed by atoms with Gasteiger partial charge in [0.05, 0.1) is 28.2 Å². The minimum atomic E-state index is -0.657. The standard InChI is InChI=1S/C12H15BrFN3O3/c1-16-2-3-20-8(7-16)6-15-11-4-9(13)10(14)5-12(11)17(18)19/h4-5,8,15H,2-3,6-7H2,1H3. The van der Waals surface area contributed by atoms with Gasteiger partial charge in [0, 0.05) is 19.6 Å². The molecule has 1 heterocycles. The van der Waals surface area contributed by atoms with Gasteiger partial charge >= 0.3 is 0 Å². The highest BCUT2D eigenvalue weighted by atomic mass is 79.9. The molecule has 0 radical (unpaired) electrons. The SMILES string of the molecule is CN1CCOC(CNc2cc(Br)c(F)cc2[N+](=O)[O-])C1. The third-order valence-corrected chi connectivity index (χ3v) is 3.71. The average molecular weight is 348 g/mol. The predicted molar refractivity (Wildman–Crippen MR) is 76.5 cm³/mol. The van der Waals surface area contributed by atoms with E-state index in [0.29, 0.717) is 13.2 Å². The molecule has 1 unspecified atom stereocenters. The van der Waals surface area contributed by atoms with E-state index in [9.17, 15) is 14.5 Å². The minimum Gasteiger partial charge on any atom is -0.377 e. The maximum absolute atomic E-state index is 13.4. The molecule has 0 bridgehead atoms. The Bertz CT molecular complexity index is 515. The Balaban J connectivity index is 2.08.